The van der Waals surface area contributed by atoms with Gasteiger partial charge in [-0.1, -0.05) is 0 Å². The van der Waals surface area contributed by atoms with Gasteiger partial charge in [0.2, 0.25) is 5.91 Å². The van der Waals surface area contributed by atoms with Crippen molar-refractivity contribution in [2.24, 2.45) is 5.73 Å². The third-order valence-electron chi connectivity index (χ3n) is 2.69. The first-order valence-electron chi connectivity index (χ1n) is 6.05. The third-order valence-corrected chi connectivity index (χ3v) is 2.69. The van der Waals surface area contributed by atoms with Crippen LogP contribution in [-0.2, 0) is 4.79 Å². The van der Waals surface area contributed by atoms with E-state index in [1.807, 2.05) is 39.3 Å². The maximum atomic E-state index is 11.0. The zero-order valence-electron chi connectivity index (χ0n) is 11.7. The summed E-state index contributed by atoms with van der Waals surface area (Å²) in [6, 6.07) is 0.188. The van der Waals surface area contributed by atoms with Crippen LogP contribution in [0, 0.1) is 6.92 Å². The highest BCUT2D eigenvalue weighted by atomic mass is 16.1. The maximum Gasteiger partial charge on any atom is 0.219 e. The monoisotopic (exact) mass is 253 g/mol. The van der Waals surface area contributed by atoms with Crippen molar-refractivity contribution in [3.8, 4) is 0 Å². The summed E-state index contributed by atoms with van der Waals surface area (Å²) in [6.45, 7) is 9.73. The van der Waals surface area contributed by atoms with Gasteiger partial charge < -0.3 is 16.8 Å². The molecule has 6 heteroatoms. The highest BCUT2D eigenvalue weighted by molar-refractivity contribution is 5.76. The number of carbonyl (C=O) groups is 1. The Kier molecular flexibility index (Phi) is 3.88. The van der Waals surface area contributed by atoms with E-state index < -0.39 is 5.54 Å². The lowest BCUT2D eigenvalue weighted by Gasteiger charge is -2.27. The van der Waals surface area contributed by atoms with Crippen molar-refractivity contribution < 1.29 is 4.79 Å². The number of amides is 1. The van der Waals surface area contributed by atoms with Crippen molar-refractivity contribution in [3.63, 3.8) is 0 Å². The number of rotatable bonds is 5. The Balaban J connectivity index is 3.06. The van der Waals surface area contributed by atoms with E-state index in [1.165, 1.54) is 0 Å². The smallest absolute Gasteiger partial charge is 0.219 e. The van der Waals surface area contributed by atoms with Crippen LogP contribution in [0.2, 0.25) is 0 Å². The summed E-state index contributed by atoms with van der Waals surface area (Å²) in [5.74, 6) is 0.396. The molecule has 102 valence electrons. The summed E-state index contributed by atoms with van der Waals surface area (Å²) >= 11 is 0. The van der Waals surface area contributed by atoms with Crippen LogP contribution in [-0.4, -0.2) is 21.2 Å². The molecule has 0 fully saturated rings. The van der Waals surface area contributed by atoms with Crippen molar-refractivity contribution >= 4 is 17.4 Å². The number of nitrogens with one attached hydrogen (secondary N) is 1. The Morgan fingerprint density at radius 1 is 1.50 bits per heavy atom. The molecule has 0 aromatic carbocycles. The Morgan fingerprint density at radius 3 is 2.50 bits per heavy atom. The van der Waals surface area contributed by atoms with Crippen molar-refractivity contribution in [3.05, 3.63) is 5.69 Å². The fourth-order valence-corrected chi connectivity index (χ4v) is 1.86. The van der Waals surface area contributed by atoms with E-state index >= 15 is 0 Å². The van der Waals surface area contributed by atoms with Crippen LogP contribution in [0.25, 0.3) is 0 Å². The molecule has 0 unspecified atom stereocenters. The average Bonchev–Trinajstić information content (AvgIpc) is 2.43. The zero-order chi connectivity index (χ0) is 14.1. The zero-order valence-corrected chi connectivity index (χ0v) is 11.7. The lowest BCUT2D eigenvalue weighted by molar-refractivity contribution is -0.118. The van der Waals surface area contributed by atoms with Gasteiger partial charge in [-0.15, -0.1) is 0 Å². The van der Waals surface area contributed by atoms with Crippen LogP contribution < -0.4 is 16.8 Å². The van der Waals surface area contributed by atoms with E-state index in [9.17, 15) is 4.79 Å². The summed E-state index contributed by atoms with van der Waals surface area (Å²) in [5, 5.41) is 7.65. The lowest BCUT2D eigenvalue weighted by atomic mass is 10.0. The number of nitrogens with zero attached hydrogens (tertiary/aromatic N) is 2. The topological polar surface area (TPSA) is 99.0 Å². The van der Waals surface area contributed by atoms with E-state index in [0.717, 1.165) is 11.5 Å². The van der Waals surface area contributed by atoms with Crippen LogP contribution in [0.5, 0.6) is 0 Å². The molecule has 0 spiro atoms. The summed E-state index contributed by atoms with van der Waals surface area (Å²) in [6.07, 6.45) is 0.231. The van der Waals surface area contributed by atoms with Crippen molar-refractivity contribution in [2.45, 2.75) is 52.6 Å². The van der Waals surface area contributed by atoms with Gasteiger partial charge in [-0.3, -0.25) is 4.79 Å². The van der Waals surface area contributed by atoms with E-state index in [0.29, 0.717) is 5.69 Å². The average molecular weight is 253 g/mol. The Hall–Kier alpha value is -1.72. The molecular weight excluding hydrogens is 230 g/mol. The minimum atomic E-state index is -0.459. The Labute approximate surface area is 108 Å². The second kappa shape index (κ2) is 4.88. The normalized spacial score (nSPS) is 11.9. The molecule has 1 heterocycles. The molecule has 0 saturated heterocycles. The highest BCUT2D eigenvalue weighted by Gasteiger charge is 2.25. The van der Waals surface area contributed by atoms with Gasteiger partial charge in [-0.25, -0.2) is 4.68 Å². The fourth-order valence-electron chi connectivity index (χ4n) is 1.86. The first-order chi connectivity index (χ1) is 8.14. The number of hydrogen-bond donors (Lipinski definition) is 3. The van der Waals surface area contributed by atoms with Crippen molar-refractivity contribution in [1.82, 2.24) is 9.78 Å². The van der Waals surface area contributed by atoms with Crippen LogP contribution in [0.4, 0.5) is 11.5 Å². The Morgan fingerprint density at radius 2 is 2.06 bits per heavy atom. The molecule has 1 rings (SSSR count). The van der Waals surface area contributed by atoms with E-state index in [-0.39, 0.29) is 18.4 Å². The molecular formula is C12H23N5O. The van der Waals surface area contributed by atoms with E-state index in [1.54, 1.807) is 0 Å². The number of primary amides is 1. The van der Waals surface area contributed by atoms with Gasteiger partial charge in [0.1, 0.15) is 5.82 Å². The summed E-state index contributed by atoms with van der Waals surface area (Å²) in [7, 11) is 0. The molecule has 0 saturated carbocycles. The summed E-state index contributed by atoms with van der Waals surface area (Å²) < 4.78 is 1.83. The standard InChI is InChI=1S/C12H23N5O/c1-7(2)17-11(10(14)8(3)16-17)15-12(4,5)6-9(13)18/h7,15H,6,14H2,1-5H3,(H2,13,18). The maximum absolute atomic E-state index is 11.0. The largest absolute Gasteiger partial charge is 0.394 e. The second-order valence-corrected chi connectivity index (χ2v) is 5.54. The molecule has 6 nitrogen and oxygen atoms in total. The van der Waals surface area contributed by atoms with Gasteiger partial charge in [0, 0.05) is 18.0 Å². The third kappa shape index (κ3) is 3.15. The molecule has 5 N–H and O–H groups in total. The number of aryl methyl sites for hydroxylation is 1. The van der Waals surface area contributed by atoms with Crippen LogP contribution in [0.3, 0.4) is 0 Å². The molecule has 0 aliphatic heterocycles. The highest BCUT2D eigenvalue weighted by Crippen LogP contribution is 2.29. The van der Waals surface area contributed by atoms with Crippen LogP contribution in [0.1, 0.15) is 45.9 Å². The van der Waals surface area contributed by atoms with Crippen LogP contribution in [0.15, 0.2) is 0 Å². The van der Waals surface area contributed by atoms with Gasteiger partial charge in [0.05, 0.1) is 11.4 Å². The Bertz CT molecular complexity index is 448. The van der Waals surface area contributed by atoms with Gasteiger partial charge in [0.25, 0.3) is 0 Å². The number of nitrogens with two attached hydrogens (primary N) is 2. The molecule has 0 atom stereocenters. The predicted molar refractivity (Wildman–Crippen MR) is 73.3 cm³/mol. The summed E-state index contributed by atoms with van der Waals surface area (Å²) in [4.78, 5) is 11.0. The van der Waals surface area contributed by atoms with E-state index in [4.69, 9.17) is 11.5 Å². The SMILES string of the molecule is Cc1nn(C(C)C)c(NC(C)(C)CC(N)=O)c1N. The molecule has 0 radical (unpaired) electrons. The number of nitrogen functional groups attached to an aromatic ring is 1. The van der Waals surface area contributed by atoms with Crippen molar-refractivity contribution in [1.29, 1.82) is 0 Å². The quantitative estimate of drug-likeness (QED) is 0.739. The molecule has 0 aliphatic carbocycles. The minimum absolute atomic E-state index is 0.188. The minimum Gasteiger partial charge on any atom is -0.394 e. The molecule has 1 aromatic heterocycles. The molecule has 1 amide bonds. The number of anilines is 2. The molecule has 1 aromatic rings. The van der Waals surface area contributed by atoms with Gasteiger partial charge in [0.15, 0.2) is 0 Å². The van der Waals surface area contributed by atoms with Gasteiger partial charge in [-0.05, 0) is 34.6 Å². The molecule has 18 heavy (non-hydrogen) atoms. The number of hydrogen-bond acceptors (Lipinski definition) is 4. The molecule has 0 bridgehead atoms. The lowest BCUT2D eigenvalue weighted by Crippen LogP contribution is -2.37. The number of aromatic nitrogens is 2. The van der Waals surface area contributed by atoms with Crippen LogP contribution >= 0.6 is 0 Å². The number of carbonyl (C=O) groups excluding carboxylic acids is 1. The second-order valence-electron chi connectivity index (χ2n) is 5.54. The van der Waals surface area contributed by atoms with Crippen molar-refractivity contribution in [2.75, 3.05) is 11.1 Å². The summed E-state index contributed by atoms with van der Waals surface area (Å²) in [5.41, 5.74) is 12.2. The first-order valence-corrected chi connectivity index (χ1v) is 6.05. The fraction of sp³-hybridized carbons (Fsp3) is 0.667. The first kappa shape index (κ1) is 14.3. The van der Waals surface area contributed by atoms with Gasteiger partial charge >= 0.3 is 0 Å². The van der Waals surface area contributed by atoms with E-state index in [2.05, 4.69) is 10.4 Å². The predicted octanol–water partition coefficient (Wildman–Crippen LogP) is 1.42. The molecule has 0 aliphatic rings. The van der Waals surface area contributed by atoms with Gasteiger partial charge in [-0.2, -0.15) is 5.10 Å².